The van der Waals surface area contributed by atoms with Crippen LogP contribution in [0.15, 0.2) is 30.3 Å². The molecule has 1 aromatic carbocycles. The van der Waals surface area contributed by atoms with Crippen molar-refractivity contribution in [1.29, 1.82) is 0 Å². The largest absolute Gasteiger partial charge is 0.490 e. The molecule has 0 radical (unpaired) electrons. The maximum atomic E-state index is 12.3. The van der Waals surface area contributed by atoms with Crippen LogP contribution in [0.25, 0.3) is 0 Å². The lowest BCUT2D eigenvalue weighted by Gasteiger charge is -2.33. The summed E-state index contributed by atoms with van der Waals surface area (Å²) in [4.78, 5) is 14.3. The van der Waals surface area contributed by atoms with Gasteiger partial charge < -0.3 is 15.0 Å². The number of hydrogen-bond acceptors (Lipinski definition) is 3. The van der Waals surface area contributed by atoms with Crippen molar-refractivity contribution in [1.82, 2.24) is 10.2 Å². The molecule has 3 rings (SSSR count). The average molecular weight is 311 g/mol. The molecule has 2 aliphatic heterocycles. The van der Waals surface area contributed by atoms with Gasteiger partial charge in [-0.05, 0) is 31.5 Å². The minimum atomic E-state index is 0. The van der Waals surface area contributed by atoms with Crippen molar-refractivity contribution in [3.8, 4) is 5.75 Å². The lowest BCUT2D eigenvalue weighted by molar-refractivity contribution is -0.134. The van der Waals surface area contributed by atoms with Crippen molar-refractivity contribution < 1.29 is 9.53 Å². The molecule has 2 fully saturated rings. The SMILES string of the molecule is Cl.O=C([C@@H]1CCCN1)N1CCC(Oc2ccccc2)CC1. The number of amides is 1. The van der Waals surface area contributed by atoms with E-state index in [1.165, 1.54) is 0 Å². The number of rotatable bonds is 3. The van der Waals surface area contributed by atoms with Crippen LogP contribution in [-0.2, 0) is 4.79 Å². The number of halogens is 1. The van der Waals surface area contributed by atoms with E-state index in [1.807, 2.05) is 35.2 Å². The molecule has 0 bridgehead atoms. The Morgan fingerprint density at radius 2 is 1.86 bits per heavy atom. The zero-order chi connectivity index (χ0) is 13.8. The second-order valence-electron chi connectivity index (χ2n) is 5.60. The van der Waals surface area contributed by atoms with Crippen LogP contribution in [0.1, 0.15) is 25.7 Å². The molecule has 0 saturated carbocycles. The highest BCUT2D eigenvalue weighted by molar-refractivity contribution is 5.85. The van der Waals surface area contributed by atoms with Crippen LogP contribution in [0, 0.1) is 0 Å². The lowest BCUT2D eigenvalue weighted by Crippen LogP contribution is -2.48. The second kappa shape index (κ2) is 7.66. The molecule has 1 atom stereocenters. The Balaban J connectivity index is 0.00000161. The number of likely N-dealkylation sites (tertiary alicyclic amines) is 1. The van der Waals surface area contributed by atoms with E-state index in [0.717, 1.165) is 51.1 Å². The van der Waals surface area contributed by atoms with Crippen molar-refractivity contribution in [2.45, 2.75) is 37.8 Å². The maximum absolute atomic E-state index is 12.3. The molecule has 4 nitrogen and oxygen atoms in total. The summed E-state index contributed by atoms with van der Waals surface area (Å²) < 4.78 is 5.96. The van der Waals surface area contributed by atoms with E-state index >= 15 is 0 Å². The molecule has 0 aliphatic carbocycles. The molecule has 2 heterocycles. The van der Waals surface area contributed by atoms with Crippen LogP contribution in [0.2, 0.25) is 0 Å². The number of benzene rings is 1. The minimum absolute atomic E-state index is 0. The summed E-state index contributed by atoms with van der Waals surface area (Å²) in [6, 6.07) is 9.99. The Morgan fingerprint density at radius 3 is 2.48 bits per heavy atom. The van der Waals surface area contributed by atoms with Gasteiger partial charge >= 0.3 is 0 Å². The van der Waals surface area contributed by atoms with Crippen LogP contribution in [0.5, 0.6) is 5.75 Å². The van der Waals surface area contributed by atoms with Gasteiger partial charge in [0.25, 0.3) is 0 Å². The topological polar surface area (TPSA) is 41.6 Å². The number of piperidine rings is 1. The van der Waals surface area contributed by atoms with E-state index < -0.39 is 0 Å². The molecule has 21 heavy (non-hydrogen) atoms. The third-order valence-corrected chi connectivity index (χ3v) is 4.16. The van der Waals surface area contributed by atoms with E-state index in [0.29, 0.717) is 0 Å². The van der Waals surface area contributed by atoms with E-state index in [2.05, 4.69) is 5.32 Å². The van der Waals surface area contributed by atoms with Gasteiger partial charge in [-0.3, -0.25) is 4.79 Å². The fraction of sp³-hybridized carbons (Fsp3) is 0.562. The molecule has 0 aromatic heterocycles. The monoisotopic (exact) mass is 310 g/mol. The fourth-order valence-electron chi connectivity index (χ4n) is 3.00. The Labute approximate surface area is 132 Å². The van der Waals surface area contributed by atoms with Crippen LogP contribution in [0.3, 0.4) is 0 Å². The summed E-state index contributed by atoms with van der Waals surface area (Å²) >= 11 is 0. The normalized spacial score (nSPS) is 22.7. The Hall–Kier alpha value is -1.26. The van der Waals surface area contributed by atoms with Gasteiger partial charge in [-0.2, -0.15) is 0 Å². The molecule has 1 aromatic rings. The van der Waals surface area contributed by atoms with Gasteiger partial charge in [0.2, 0.25) is 5.91 Å². The minimum Gasteiger partial charge on any atom is -0.490 e. The summed E-state index contributed by atoms with van der Waals surface area (Å²) in [6.45, 7) is 2.60. The first-order valence-electron chi connectivity index (χ1n) is 7.57. The first-order valence-corrected chi connectivity index (χ1v) is 7.57. The van der Waals surface area contributed by atoms with E-state index in [4.69, 9.17) is 4.74 Å². The molecule has 2 aliphatic rings. The number of nitrogens with one attached hydrogen (secondary N) is 1. The van der Waals surface area contributed by atoms with Gasteiger partial charge in [0.05, 0.1) is 6.04 Å². The quantitative estimate of drug-likeness (QED) is 0.931. The first-order chi connectivity index (χ1) is 9.83. The summed E-state index contributed by atoms with van der Waals surface area (Å²) in [5, 5.41) is 3.28. The number of nitrogens with zero attached hydrogens (tertiary/aromatic N) is 1. The highest BCUT2D eigenvalue weighted by Crippen LogP contribution is 2.20. The molecule has 116 valence electrons. The van der Waals surface area contributed by atoms with Gasteiger partial charge in [0.15, 0.2) is 0 Å². The van der Waals surface area contributed by atoms with Gasteiger partial charge in [-0.15, -0.1) is 12.4 Å². The number of carbonyl (C=O) groups is 1. The smallest absolute Gasteiger partial charge is 0.239 e. The Kier molecular flexibility index (Phi) is 5.88. The van der Waals surface area contributed by atoms with Crippen molar-refractivity contribution >= 4 is 18.3 Å². The highest BCUT2D eigenvalue weighted by Gasteiger charge is 2.30. The molecular weight excluding hydrogens is 288 g/mol. The zero-order valence-electron chi connectivity index (χ0n) is 12.2. The number of hydrogen-bond donors (Lipinski definition) is 1. The number of ether oxygens (including phenoxy) is 1. The van der Waals surface area contributed by atoms with Gasteiger partial charge in [-0.1, -0.05) is 18.2 Å². The molecule has 0 unspecified atom stereocenters. The third-order valence-electron chi connectivity index (χ3n) is 4.16. The summed E-state index contributed by atoms with van der Waals surface area (Å²) in [5.41, 5.74) is 0. The third kappa shape index (κ3) is 4.11. The van der Waals surface area contributed by atoms with Crippen molar-refractivity contribution in [2.24, 2.45) is 0 Å². The van der Waals surface area contributed by atoms with Crippen molar-refractivity contribution in [3.05, 3.63) is 30.3 Å². The lowest BCUT2D eigenvalue weighted by atomic mass is 10.1. The van der Waals surface area contributed by atoms with Crippen molar-refractivity contribution in [3.63, 3.8) is 0 Å². The summed E-state index contributed by atoms with van der Waals surface area (Å²) in [7, 11) is 0. The number of carbonyl (C=O) groups excluding carboxylic acids is 1. The predicted octanol–water partition coefficient (Wildman–Crippen LogP) is 2.23. The van der Waals surface area contributed by atoms with E-state index in [1.54, 1.807) is 0 Å². The molecule has 0 spiro atoms. The first kappa shape index (κ1) is 16.1. The second-order valence-corrected chi connectivity index (χ2v) is 5.60. The Bertz CT molecular complexity index is 441. The summed E-state index contributed by atoms with van der Waals surface area (Å²) in [5.74, 6) is 1.20. The fourth-order valence-corrected chi connectivity index (χ4v) is 3.00. The maximum Gasteiger partial charge on any atom is 0.239 e. The van der Waals surface area contributed by atoms with Gasteiger partial charge in [-0.25, -0.2) is 0 Å². The van der Waals surface area contributed by atoms with Crippen molar-refractivity contribution in [2.75, 3.05) is 19.6 Å². The highest BCUT2D eigenvalue weighted by atomic mass is 35.5. The van der Waals surface area contributed by atoms with Gasteiger partial charge in [0.1, 0.15) is 11.9 Å². The zero-order valence-corrected chi connectivity index (χ0v) is 13.0. The van der Waals surface area contributed by atoms with Crippen LogP contribution in [-0.4, -0.2) is 42.6 Å². The molecule has 5 heteroatoms. The van der Waals surface area contributed by atoms with Crippen LogP contribution < -0.4 is 10.1 Å². The van der Waals surface area contributed by atoms with Gasteiger partial charge in [0, 0.05) is 25.9 Å². The molecular formula is C16H23ClN2O2. The average Bonchev–Trinajstić information content (AvgIpc) is 3.03. The van der Waals surface area contributed by atoms with Crippen LogP contribution in [0.4, 0.5) is 0 Å². The predicted molar refractivity (Wildman–Crippen MR) is 84.9 cm³/mol. The van der Waals surface area contributed by atoms with Crippen LogP contribution >= 0.6 is 12.4 Å². The number of para-hydroxylation sites is 1. The molecule has 1 amide bonds. The van der Waals surface area contributed by atoms with E-state index in [9.17, 15) is 4.79 Å². The van der Waals surface area contributed by atoms with E-state index in [-0.39, 0.29) is 30.5 Å². The Morgan fingerprint density at radius 1 is 1.14 bits per heavy atom. The summed E-state index contributed by atoms with van der Waals surface area (Å²) in [6.07, 6.45) is 4.18. The standard InChI is InChI=1S/C16H22N2O2.ClH/c19-16(15-7-4-10-17-15)18-11-8-14(9-12-18)20-13-5-2-1-3-6-13;/h1-3,5-6,14-15,17H,4,7-12H2;1H/t15-;/m0./s1. The molecule has 1 N–H and O–H groups in total. The molecule has 2 saturated heterocycles.